The molecule has 3 heterocycles. The first-order valence-electron chi connectivity index (χ1n) is 7.73. The van der Waals surface area contributed by atoms with Gasteiger partial charge in [-0.15, -0.1) is 0 Å². The van der Waals surface area contributed by atoms with Gasteiger partial charge in [0.05, 0.1) is 5.57 Å². The van der Waals surface area contributed by atoms with Crippen molar-refractivity contribution in [3.8, 4) is 0 Å². The Morgan fingerprint density at radius 2 is 2.17 bits per heavy atom. The van der Waals surface area contributed by atoms with Crippen LogP contribution in [0.4, 0.5) is 5.95 Å². The molecule has 7 heteroatoms. The molecule has 0 spiro atoms. The highest BCUT2D eigenvalue weighted by Crippen LogP contribution is 2.34. The molecule has 0 aliphatic carbocycles. The van der Waals surface area contributed by atoms with Gasteiger partial charge in [0.25, 0.3) is 5.91 Å². The SMILES string of the molecule is CCN(CC)C(=O)C1=C(C)Nc2ncnn2[C@H]1c1cccnc1. The number of nitrogens with one attached hydrogen (secondary N) is 1. The van der Waals surface area contributed by atoms with Crippen molar-refractivity contribution in [1.82, 2.24) is 24.6 Å². The lowest BCUT2D eigenvalue weighted by atomic mass is 9.96. The summed E-state index contributed by atoms with van der Waals surface area (Å²) in [7, 11) is 0. The van der Waals surface area contributed by atoms with Crippen molar-refractivity contribution in [2.45, 2.75) is 26.8 Å². The van der Waals surface area contributed by atoms with E-state index in [4.69, 9.17) is 0 Å². The Morgan fingerprint density at radius 1 is 1.39 bits per heavy atom. The van der Waals surface area contributed by atoms with Crippen molar-refractivity contribution in [2.24, 2.45) is 0 Å². The smallest absolute Gasteiger partial charge is 0.254 e. The number of anilines is 1. The Morgan fingerprint density at radius 3 is 2.83 bits per heavy atom. The Kier molecular flexibility index (Phi) is 4.10. The number of nitrogens with zero attached hydrogens (tertiary/aromatic N) is 5. The standard InChI is InChI=1S/C16H20N6O/c1-4-21(5-2)15(23)13-11(3)20-16-18-10-19-22(16)14(13)12-7-6-8-17-9-12/h6-10,14H,4-5H2,1-3H3,(H,18,19,20)/t14-/m0/s1. The summed E-state index contributed by atoms with van der Waals surface area (Å²) in [6.45, 7) is 7.19. The average Bonchev–Trinajstić information content (AvgIpc) is 3.03. The van der Waals surface area contributed by atoms with E-state index < -0.39 is 0 Å². The highest BCUT2D eigenvalue weighted by atomic mass is 16.2. The molecule has 3 rings (SSSR count). The topological polar surface area (TPSA) is 75.9 Å². The fourth-order valence-corrected chi connectivity index (χ4v) is 2.89. The number of carbonyl (C=O) groups is 1. The molecule has 2 aromatic heterocycles. The molecule has 1 aliphatic heterocycles. The van der Waals surface area contributed by atoms with Crippen molar-refractivity contribution < 1.29 is 4.79 Å². The molecule has 1 aliphatic rings. The minimum atomic E-state index is -0.324. The van der Waals surface area contributed by atoms with Gasteiger partial charge in [-0.2, -0.15) is 10.1 Å². The molecule has 120 valence electrons. The quantitative estimate of drug-likeness (QED) is 0.932. The molecule has 0 saturated heterocycles. The van der Waals surface area contributed by atoms with Gasteiger partial charge in [-0.25, -0.2) is 4.68 Å². The van der Waals surface area contributed by atoms with Crippen LogP contribution in [-0.4, -0.2) is 43.6 Å². The number of carbonyl (C=O) groups excluding carboxylic acids is 1. The summed E-state index contributed by atoms with van der Waals surface area (Å²) < 4.78 is 1.74. The normalized spacial score (nSPS) is 16.7. The van der Waals surface area contributed by atoms with Gasteiger partial charge in [0.1, 0.15) is 12.4 Å². The van der Waals surface area contributed by atoms with Crippen LogP contribution < -0.4 is 5.32 Å². The van der Waals surface area contributed by atoms with Crippen LogP contribution in [0.2, 0.25) is 0 Å². The van der Waals surface area contributed by atoms with E-state index in [2.05, 4.69) is 20.4 Å². The van der Waals surface area contributed by atoms with Crippen molar-refractivity contribution in [1.29, 1.82) is 0 Å². The summed E-state index contributed by atoms with van der Waals surface area (Å²) in [6, 6.07) is 3.50. The molecule has 0 unspecified atom stereocenters. The molecule has 0 radical (unpaired) electrons. The lowest BCUT2D eigenvalue weighted by molar-refractivity contribution is -0.127. The third-order valence-corrected chi connectivity index (χ3v) is 4.08. The number of pyridine rings is 1. The van der Waals surface area contributed by atoms with Crippen molar-refractivity contribution in [3.05, 3.63) is 47.7 Å². The third-order valence-electron chi connectivity index (χ3n) is 4.08. The summed E-state index contributed by atoms with van der Waals surface area (Å²) in [5.74, 6) is 0.641. The summed E-state index contributed by atoms with van der Waals surface area (Å²) in [5.41, 5.74) is 2.39. The van der Waals surface area contributed by atoms with Crippen molar-refractivity contribution in [3.63, 3.8) is 0 Å². The van der Waals surface area contributed by atoms with Crippen LogP contribution in [0.15, 0.2) is 42.1 Å². The summed E-state index contributed by atoms with van der Waals surface area (Å²) in [4.78, 5) is 23.3. The maximum atomic E-state index is 13.0. The molecule has 7 nitrogen and oxygen atoms in total. The highest BCUT2D eigenvalue weighted by Gasteiger charge is 2.34. The molecule has 2 aromatic rings. The molecule has 1 atom stereocenters. The molecule has 23 heavy (non-hydrogen) atoms. The van der Waals surface area contributed by atoms with E-state index >= 15 is 0 Å². The van der Waals surface area contributed by atoms with Crippen LogP contribution in [0.5, 0.6) is 0 Å². The molecule has 0 aromatic carbocycles. The van der Waals surface area contributed by atoms with E-state index in [1.165, 1.54) is 6.33 Å². The first-order chi connectivity index (χ1) is 11.2. The third kappa shape index (κ3) is 2.58. The van der Waals surface area contributed by atoms with Crippen molar-refractivity contribution in [2.75, 3.05) is 18.4 Å². The van der Waals surface area contributed by atoms with Crippen LogP contribution in [0.3, 0.4) is 0 Å². The van der Waals surface area contributed by atoms with Gasteiger partial charge in [0, 0.05) is 31.2 Å². The van der Waals surface area contributed by atoms with Gasteiger partial charge in [0.15, 0.2) is 0 Å². The van der Waals surface area contributed by atoms with Crippen LogP contribution in [0, 0.1) is 0 Å². The second kappa shape index (κ2) is 6.20. The molecular formula is C16H20N6O. The maximum Gasteiger partial charge on any atom is 0.254 e. The maximum absolute atomic E-state index is 13.0. The van der Waals surface area contributed by atoms with Crippen LogP contribution in [-0.2, 0) is 4.79 Å². The number of aromatic nitrogens is 4. The van der Waals surface area contributed by atoms with Crippen LogP contribution >= 0.6 is 0 Å². The number of rotatable bonds is 4. The minimum Gasteiger partial charge on any atom is -0.339 e. The fourth-order valence-electron chi connectivity index (χ4n) is 2.89. The molecule has 1 amide bonds. The number of likely N-dealkylation sites (N-methyl/N-ethyl adjacent to an activating group) is 1. The van der Waals surface area contributed by atoms with E-state index in [0.29, 0.717) is 24.6 Å². The summed E-state index contributed by atoms with van der Waals surface area (Å²) in [5, 5.41) is 7.48. The van der Waals surface area contributed by atoms with E-state index in [-0.39, 0.29) is 11.9 Å². The van der Waals surface area contributed by atoms with Crippen LogP contribution in [0.1, 0.15) is 32.4 Å². The Bertz CT molecular complexity index is 732. The molecule has 0 fully saturated rings. The lowest BCUT2D eigenvalue weighted by Crippen LogP contribution is -2.38. The minimum absolute atomic E-state index is 0.00926. The molecule has 0 bridgehead atoms. The van der Waals surface area contributed by atoms with Crippen LogP contribution in [0.25, 0.3) is 0 Å². The summed E-state index contributed by atoms with van der Waals surface area (Å²) >= 11 is 0. The van der Waals surface area contributed by atoms with Gasteiger partial charge in [-0.05, 0) is 32.4 Å². The second-order valence-electron chi connectivity index (χ2n) is 5.36. The number of hydrogen-bond donors (Lipinski definition) is 1. The van der Waals surface area contributed by atoms with E-state index in [9.17, 15) is 4.79 Å². The summed E-state index contributed by atoms with van der Waals surface area (Å²) in [6.07, 6.45) is 4.98. The predicted molar refractivity (Wildman–Crippen MR) is 86.6 cm³/mol. The van der Waals surface area contributed by atoms with Gasteiger partial charge in [-0.1, -0.05) is 6.07 Å². The van der Waals surface area contributed by atoms with E-state index in [1.54, 1.807) is 17.1 Å². The number of allylic oxidation sites excluding steroid dienone is 1. The first kappa shape index (κ1) is 15.2. The number of amides is 1. The Labute approximate surface area is 135 Å². The van der Waals surface area contributed by atoms with E-state index in [0.717, 1.165) is 11.3 Å². The zero-order valence-corrected chi connectivity index (χ0v) is 13.5. The Hall–Kier alpha value is -2.70. The monoisotopic (exact) mass is 312 g/mol. The highest BCUT2D eigenvalue weighted by molar-refractivity contribution is 5.96. The zero-order chi connectivity index (χ0) is 16.4. The van der Waals surface area contributed by atoms with Gasteiger partial charge < -0.3 is 10.2 Å². The fraction of sp³-hybridized carbons (Fsp3) is 0.375. The first-order valence-corrected chi connectivity index (χ1v) is 7.73. The Balaban J connectivity index is 2.13. The molecule has 0 saturated carbocycles. The second-order valence-corrected chi connectivity index (χ2v) is 5.36. The van der Waals surface area contributed by atoms with Gasteiger partial charge >= 0.3 is 0 Å². The number of fused-ring (bicyclic) bond motifs is 1. The largest absolute Gasteiger partial charge is 0.339 e. The molecular weight excluding hydrogens is 292 g/mol. The average molecular weight is 312 g/mol. The molecule has 1 N–H and O–H groups in total. The lowest BCUT2D eigenvalue weighted by Gasteiger charge is -2.31. The van der Waals surface area contributed by atoms with Gasteiger partial charge in [0.2, 0.25) is 5.95 Å². The van der Waals surface area contributed by atoms with Gasteiger partial charge in [-0.3, -0.25) is 9.78 Å². The predicted octanol–water partition coefficient (Wildman–Crippen LogP) is 1.83. The number of hydrogen-bond acceptors (Lipinski definition) is 5. The van der Waals surface area contributed by atoms with Crippen molar-refractivity contribution >= 4 is 11.9 Å². The van der Waals surface area contributed by atoms with E-state index in [1.807, 2.05) is 37.8 Å². The zero-order valence-electron chi connectivity index (χ0n) is 13.5.